The van der Waals surface area contributed by atoms with Crippen molar-refractivity contribution in [2.24, 2.45) is 0 Å². The zero-order valence-electron chi connectivity index (χ0n) is 2.20. The van der Waals surface area contributed by atoms with E-state index in [4.69, 9.17) is 0 Å². The van der Waals surface area contributed by atoms with Crippen molar-refractivity contribution in [3.05, 3.63) is 0 Å². The fourth-order valence-electron chi connectivity index (χ4n) is 0. The Bertz CT molecular complexity index is 10.8. The maximum atomic E-state index is 10.4. The summed E-state index contributed by atoms with van der Waals surface area (Å²) in [5.74, 6) is 0. The van der Waals surface area contributed by atoms with E-state index in [0.717, 1.165) is 6.66 Å². The molecule has 4 heavy (non-hydrogen) atoms. The Labute approximate surface area is 24.8 Å². The molecule has 0 aromatic carbocycles. The molecule has 0 nitrogen and oxygen atoms in total. The van der Waals surface area contributed by atoms with Crippen molar-refractivity contribution >= 4 is 8.54 Å². The summed E-state index contributed by atoms with van der Waals surface area (Å²) in [6.07, 6.45) is 0. The minimum Gasteiger partial charge on any atom is -0.189 e. The second-order valence-corrected chi connectivity index (χ2v) is 1.21. The summed E-state index contributed by atoms with van der Waals surface area (Å²) in [5, 5.41) is 0. The van der Waals surface area contributed by atoms with Crippen molar-refractivity contribution < 1.29 is 8.39 Å². The summed E-state index contributed by atoms with van der Waals surface area (Å²) in [7, 11) is -2.62. The van der Waals surface area contributed by atoms with Crippen LogP contribution < -0.4 is 0 Å². The molecule has 1 unspecified atom stereocenters. The van der Waals surface area contributed by atoms with Crippen LogP contribution in [0.3, 0.4) is 0 Å². The van der Waals surface area contributed by atoms with Crippen LogP contribution in [0.15, 0.2) is 0 Å². The summed E-state index contributed by atoms with van der Waals surface area (Å²) in [6, 6.07) is 0. The number of hydrogen-bond acceptors (Lipinski definition) is 0. The average molecular weight is 83.0 g/mol. The zero-order valence-corrected chi connectivity index (χ0v) is 3.10. The minimum absolute atomic E-state index is 0.898. The highest BCUT2D eigenvalue weighted by molar-refractivity contribution is 7.45. The first-order valence-electron chi connectivity index (χ1n) is 0.785. The molecule has 0 aromatic rings. The lowest BCUT2D eigenvalue weighted by molar-refractivity contribution is 0.756. The molecule has 0 amide bonds. The van der Waals surface area contributed by atoms with Crippen molar-refractivity contribution in [3.63, 3.8) is 0 Å². The van der Waals surface area contributed by atoms with E-state index in [1.165, 1.54) is 0 Å². The van der Waals surface area contributed by atoms with E-state index in [1.807, 2.05) is 0 Å². The molecule has 0 fully saturated rings. The average Bonchev–Trinajstić information content (AvgIpc) is 0.811. The molecule has 0 radical (unpaired) electrons. The van der Waals surface area contributed by atoms with E-state index < -0.39 is 8.54 Å². The highest BCUT2D eigenvalue weighted by atomic mass is 31.2. The molecule has 0 heterocycles. The maximum Gasteiger partial charge on any atom is 0.263 e. The third-order valence-electron chi connectivity index (χ3n) is 0. The van der Waals surface area contributed by atoms with Crippen LogP contribution in [0.25, 0.3) is 0 Å². The molecular weight excluding hydrogens is 80.0 g/mol. The first kappa shape index (κ1) is 4.29. The van der Waals surface area contributed by atoms with Crippen molar-refractivity contribution in [2.45, 2.75) is 0 Å². The Kier molecular flexibility index (Phi) is 1.71. The summed E-state index contributed by atoms with van der Waals surface area (Å²) in [6.45, 7) is 0.898. The van der Waals surface area contributed by atoms with Crippen LogP contribution in [-0.2, 0) is 0 Å². The minimum atomic E-state index is -2.62. The van der Waals surface area contributed by atoms with E-state index in [9.17, 15) is 8.39 Å². The molecule has 0 aliphatic heterocycles. The van der Waals surface area contributed by atoms with Gasteiger partial charge in [-0.3, -0.25) is 0 Å². The first-order valence-corrected chi connectivity index (χ1v) is 2.36. The molecule has 0 saturated carbocycles. The van der Waals surface area contributed by atoms with Gasteiger partial charge in [-0.2, -0.15) is 8.39 Å². The molecule has 0 rings (SSSR count). The van der Waals surface area contributed by atoms with Crippen LogP contribution >= 0.6 is 8.54 Å². The zero-order chi connectivity index (χ0) is 3.58. The molecular formula is CH3F2P. The first-order chi connectivity index (χ1) is 1.73. The third-order valence-corrected chi connectivity index (χ3v) is 0. The Morgan fingerprint density at radius 3 is 1.50 bits per heavy atom. The van der Waals surface area contributed by atoms with Crippen LogP contribution in [0.2, 0.25) is 0 Å². The highest BCUT2D eigenvalue weighted by Crippen LogP contribution is 2.32. The molecule has 0 spiro atoms. The Hall–Kier alpha value is 0.290. The van der Waals surface area contributed by atoms with Gasteiger partial charge in [0.1, 0.15) is 0 Å². The topological polar surface area (TPSA) is 0 Å². The SMILES string of the molecule is CP(F)[18F]. The number of halogens is 2. The highest BCUT2D eigenvalue weighted by Gasteiger charge is 1.82. The summed E-state index contributed by atoms with van der Waals surface area (Å²) >= 11 is 0. The van der Waals surface area contributed by atoms with Gasteiger partial charge in [-0.15, -0.1) is 0 Å². The number of rotatable bonds is 0. The van der Waals surface area contributed by atoms with Gasteiger partial charge in [-0.25, -0.2) is 0 Å². The van der Waals surface area contributed by atoms with E-state index in [-0.39, 0.29) is 0 Å². The summed E-state index contributed by atoms with van der Waals surface area (Å²) in [5.41, 5.74) is 0. The van der Waals surface area contributed by atoms with E-state index in [1.54, 1.807) is 0 Å². The normalized spacial score (nSPS) is 15.8. The van der Waals surface area contributed by atoms with Crippen molar-refractivity contribution in [3.8, 4) is 0 Å². The fourth-order valence-corrected chi connectivity index (χ4v) is 0. The van der Waals surface area contributed by atoms with E-state index in [2.05, 4.69) is 0 Å². The van der Waals surface area contributed by atoms with Gasteiger partial charge in [0.2, 0.25) is 0 Å². The second kappa shape index (κ2) is 1.59. The largest absolute Gasteiger partial charge is 0.263 e. The second-order valence-electron chi connectivity index (χ2n) is 0.402. The van der Waals surface area contributed by atoms with Gasteiger partial charge in [-0.1, -0.05) is 0 Å². The monoisotopic (exact) mass is 83.0 g/mol. The molecule has 0 aliphatic rings. The molecule has 0 bridgehead atoms. The summed E-state index contributed by atoms with van der Waals surface area (Å²) in [4.78, 5) is 0. The van der Waals surface area contributed by atoms with Crippen LogP contribution in [0.4, 0.5) is 8.39 Å². The third kappa shape index (κ3) is 45.3. The van der Waals surface area contributed by atoms with Crippen LogP contribution in [-0.4, -0.2) is 6.66 Å². The van der Waals surface area contributed by atoms with Crippen molar-refractivity contribution in [2.75, 3.05) is 6.66 Å². The smallest absolute Gasteiger partial charge is 0.189 e. The molecule has 0 saturated heterocycles. The van der Waals surface area contributed by atoms with E-state index in [0.29, 0.717) is 0 Å². The van der Waals surface area contributed by atoms with Gasteiger partial charge in [-0.05, 0) is 0 Å². The van der Waals surface area contributed by atoms with Crippen LogP contribution in [0.1, 0.15) is 0 Å². The molecule has 1 atom stereocenters. The fraction of sp³-hybridized carbons (Fsp3) is 1.00. The lowest BCUT2D eigenvalue weighted by Gasteiger charge is -1.67. The van der Waals surface area contributed by atoms with Gasteiger partial charge in [0.25, 0.3) is 8.54 Å². The van der Waals surface area contributed by atoms with E-state index >= 15 is 0 Å². The van der Waals surface area contributed by atoms with Crippen molar-refractivity contribution in [1.82, 2.24) is 0 Å². The predicted octanol–water partition coefficient (Wildman–Crippen LogP) is 1.87. The molecule has 0 aliphatic carbocycles. The van der Waals surface area contributed by atoms with Gasteiger partial charge >= 0.3 is 0 Å². The van der Waals surface area contributed by atoms with Crippen LogP contribution in [0, 0.1) is 0 Å². The van der Waals surface area contributed by atoms with Crippen LogP contribution in [0.5, 0.6) is 0 Å². The van der Waals surface area contributed by atoms with Gasteiger partial charge in [0, 0.05) is 6.66 Å². The molecule has 0 N–H and O–H groups in total. The predicted molar refractivity (Wildman–Crippen MR) is 15.1 cm³/mol. The number of hydrogen-bond donors (Lipinski definition) is 0. The van der Waals surface area contributed by atoms with Gasteiger partial charge in [0.15, 0.2) is 0 Å². The lowest BCUT2D eigenvalue weighted by Crippen LogP contribution is -1.26. The van der Waals surface area contributed by atoms with Crippen molar-refractivity contribution in [1.29, 1.82) is 0 Å². The lowest BCUT2D eigenvalue weighted by atomic mass is 12.0. The molecule has 0 aromatic heterocycles. The maximum absolute atomic E-state index is 10.4. The summed E-state index contributed by atoms with van der Waals surface area (Å²) < 4.78 is 20.8. The van der Waals surface area contributed by atoms with Gasteiger partial charge < -0.3 is 0 Å². The Morgan fingerprint density at radius 1 is 1.50 bits per heavy atom. The standard InChI is InChI=1S/CH3F2P/c1-4(2)3/h1H3/i2-1. The Balaban J connectivity index is 2.32. The quantitative estimate of drug-likeness (QED) is 0.392. The molecule has 3 heteroatoms. The van der Waals surface area contributed by atoms with Gasteiger partial charge in [0.05, 0.1) is 0 Å². The molecule has 26 valence electrons. The Morgan fingerprint density at radius 2 is 1.50 bits per heavy atom.